The number of primary amides is 1. The van der Waals surface area contributed by atoms with Crippen molar-refractivity contribution in [1.82, 2.24) is 5.32 Å². The smallest absolute Gasteiger partial charge is 0.322 e. The van der Waals surface area contributed by atoms with Crippen LogP contribution in [0.2, 0.25) is 0 Å². The van der Waals surface area contributed by atoms with E-state index in [0.717, 1.165) is 44.3 Å². The Bertz CT molecular complexity index is 959. The Morgan fingerprint density at radius 2 is 1.76 bits per heavy atom. The van der Waals surface area contributed by atoms with Crippen molar-refractivity contribution in [3.63, 3.8) is 0 Å². The van der Waals surface area contributed by atoms with Gasteiger partial charge in [0.25, 0.3) is 5.91 Å². The van der Waals surface area contributed by atoms with Crippen LogP contribution in [0.4, 0.5) is 10.5 Å². The van der Waals surface area contributed by atoms with Crippen molar-refractivity contribution in [2.75, 3.05) is 11.4 Å². The van der Waals surface area contributed by atoms with Gasteiger partial charge in [-0.25, -0.2) is 4.79 Å². The molecule has 2 aromatic rings. The summed E-state index contributed by atoms with van der Waals surface area (Å²) in [5, 5.41) is 3.20. The number of rotatable bonds is 4. The van der Waals surface area contributed by atoms with E-state index in [-0.39, 0.29) is 23.6 Å². The topological polar surface area (TPSA) is 84.7 Å². The van der Waals surface area contributed by atoms with E-state index in [1.165, 1.54) is 5.56 Å². The Kier molecular flexibility index (Phi) is 4.23. The molecule has 2 aromatic carbocycles. The predicted molar refractivity (Wildman–Crippen MR) is 110 cm³/mol. The first-order valence-electron chi connectivity index (χ1n) is 10.2. The number of amides is 3. The second kappa shape index (κ2) is 6.79. The summed E-state index contributed by atoms with van der Waals surface area (Å²) < 4.78 is 6.01. The maximum atomic E-state index is 12.7. The standard InChI is InChI=1S/C23H25N3O3/c24-21(27)18-6-2-4-8-20(18)29-17-13-23(14-17)11-16(12-23)25-22(28)26-10-9-15-5-1-3-7-19(15)26/h1-8,16-17H,9-14H2,(H2,24,27)(H,25,28). The van der Waals surface area contributed by atoms with E-state index in [1.54, 1.807) is 18.2 Å². The minimum atomic E-state index is -0.468. The molecule has 3 aliphatic rings. The molecule has 3 amide bonds. The molecular formula is C23H25N3O3. The number of nitrogens with two attached hydrogens (primary N) is 1. The predicted octanol–water partition coefficient (Wildman–Crippen LogP) is 3.25. The van der Waals surface area contributed by atoms with Gasteiger partial charge < -0.3 is 15.8 Å². The highest BCUT2D eigenvalue weighted by atomic mass is 16.5. The molecule has 2 fully saturated rings. The zero-order chi connectivity index (χ0) is 20.0. The molecule has 6 nitrogen and oxygen atoms in total. The van der Waals surface area contributed by atoms with Gasteiger partial charge in [-0.05, 0) is 61.3 Å². The molecule has 5 rings (SSSR count). The van der Waals surface area contributed by atoms with Crippen LogP contribution in [-0.4, -0.2) is 30.6 Å². The van der Waals surface area contributed by atoms with Gasteiger partial charge in [0, 0.05) is 18.3 Å². The summed E-state index contributed by atoms with van der Waals surface area (Å²) in [6.45, 7) is 0.748. The molecule has 2 aliphatic carbocycles. The summed E-state index contributed by atoms with van der Waals surface area (Å²) in [4.78, 5) is 26.1. The SMILES string of the molecule is NC(=O)c1ccccc1OC1CC2(CC(NC(=O)N3CCc4ccccc43)C2)C1. The summed E-state index contributed by atoms with van der Waals surface area (Å²) in [6.07, 6.45) is 4.93. The van der Waals surface area contributed by atoms with Gasteiger partial charge in [-0.3, -0.25) is 9.69 Å². The minimum absolute atomic E-state index is 0.0114. The molecule has 29 heavy (non-hydrogen) atoms. The summed E-state index contributed by atoms with van der Waals surface area (Å²) in [5.41, 5.74) is 8.39. The molecule has 150 valence electrons. The molecule has 0 radical (unpaired) electrons. The number of urea groups is 1. The van der Waals surface area contributed by atoms with Crippen LogP contribution in [-0.2, 0) is 6.42 Å². The van der Waals surface area contributed by atoms with Gasteiger partial charge in [0.05, 0.1) is 11.7 Å². The summed E-state index contributed by atoms with van der Waals surface area (Å²) in [6, 6.07) is 15.5. The van der Waals surface area contributed by atoms with E-state index < -0.39 is 5.91 Å². The number of carbonyl (C=O) groups is 2. The van der Waals surface area contributed by atoms with Crippen molar-refractivity contribution in [2.24, 2.45) is 11.1 Å². The first kappa shape index (κ1) is 18.0. The van der Waals surface area contributed by atoms with E-state index in [4.69, 9.17) is 10.5 Å². The number of para-hydroxylation sites is 2. The monoisotopic (exact) mass is 391 g/mol. The lowest BCUT2D eigenvalue weighted by Crippen LogP contribution is -2.60. The number of carbonyl (C=O) groups excluding carboxylic acids is 2. The lowest BCUT2D eigenvalue weighted by atomic mass is 9.53. The molecule has 0 atom stereocenters. The number of fused-ring (bicyclic) bond motifs is 1. The van der Waals surface area contributed by atoms with Gasteiger partial charge in [0.15, 0.2) is 0 Å². The second-order valence-corrected chi connectivity index (χ2v) is 8.59. The highest BCUT2D eigenvalue weighted by Gasteiger charge is 2.54. The maximum absolute atomic E-state index is 12.7. The van der Waals surface area contributed by atoms with E-state index in [2.05, 4.69) is 11.4 Å². The fourth-order valence-corrected chi connectivity index (χ4v) is 5.16. The highest BCUT2D eigenvalue weighted by molar-refractivity contribution is 5.95. The van der Waals surface area contributed by atoms with Crippen LogP contribution < -0.4 is 20.7 Å². The van der Waals surface area contributed by atoms with Crippen molar-refractivity contribution in [1.29, 1.82) is 0 Å². The number of benzene rings is 2. The normalized spacial score (nSPS) is 27.0. The van der Waals surface area contributed by atoms with E-state index >= 15 is 0 Å². The average molecular weight is 391 g/mol. The Morgan fingerprint density at radius 1 is 1.03 bits per heavy atom. The lowest BCUT2D eigenvalue weighted by molar-refractivity contribution is -0.0828. The third-order valence-electron chi connectivity index (χ3n) is 6.59. The van der Waals surface area contributed by atoms with Crippen molar-refractivity contribution >= 4 is 17.6 Å². The third-order valence-corrected chi connectivity index (χ3v) is 6.59. The largest absolute Gasteiger partial charge is 0.490 e. The lowest BCUT2D eigenvalue weighted by Gasteiger charge is -2.57. The Labute approximate surface area is 170 Å². The van der Waals surface area contributed by atoms with Crippen LogP contribution in [0.1, 0.15) is 41.6 Å². The number of ether oxygens (including phenoxy) is 1. The van der Waals surface area contributed by atoms with Gasteiger partial charge in [0.2, 0.25) is 0 Å². The van der Waals surface area contributed by atoms with Crippen LogP contribution in [0.15, 0.2) is 48.5 Å². The van der Waals surface area contributed by atoms with Crippen LogP contribution in [0.3, 0.4) is 0 Å². The van der Waals surface area contributed by atoms with Crippen LogP contribution in [0.5, 0.6) is 5.75 Å². The highest BCUT2D eigenvalue weighted by Crippen LogP contribution is 2.57. The summed E-state index contributed by atoms with van der Waals surface area (Å²) in [7, 11) is 0. The Morgan fingerprint density at radius 3 is 2.55 bits per heavy atom. The van der Waals surface area contributed by atoms with Gasteiger partial charge in [0.1, 0.15) is 5.75 Å². The maximum Gasteiger partial charge on any atom is 0.322 e. The number of nitrogens with one attached hydrogen (secondary N) is 1. The molecule has 1 heterocycles. The number of hydrogen-bond acceptors (Lipinski definition) is 3. The van der Waals surface area contributed by atoms with Crippen molar-refractivity contribution in [3.05, 3.63) is 59.7 Å². The van der Waals surface area contributed by atoms with Crippen LogP contribution in [0.25, 0.3) is 0 Å². The van der Waals surface area contributed by atoms with Gasteiger partial charge in [-0.2, -0.15) is 0 Å². The van der Waals surface area contributed by atoms with Crippen molar-refractivity contribution in [3.8, 4) is 5.75 Å². The fraction of sp³-hybridized carbons (Fsp3) is 0.391. The van der Waals surface area contributed by atoms with Gasteiger partial charge >= 0.3 is 6.03 Å². The number of nitrogens with zero attached hydrogens (tertiary/aromatic N) is 1. The van der Waals surface area contributed by atoms with Crippen LogP contribution in [0, 0.1) is 5.41 Å². The van der Waals surface area contributed by atoms with Gasteiger partial charge in [-0.1, -0.05) is 30.3 Å². The summed E-state index contributed by atoms with van der Waals surface area (Å²) >= 11 is 0. The molecule has 3 N–H and O–H groups in total. The molecule has 1 aliphatic heterocycles. The van der Waals surface area contributed by atoms with Gasteiger partial charge in [-0.15, -0.1) is 0 Å². The van der Waals surface area contributed by atoms with Crippen molar-refractivity contribution < 1.29 is 14.3 Å². The zero-order valence-electron chi connectivity index (χ0n) is 16.3. The Balaban J connectivity index is 1.12. The molecule has 1 spiro atoms. The van der Waals surface area contributed by atoms with Crippen molar-refractivity contribution in [2.45, 2.75) is 44.2 Å². The first-order chi connectivity index (χ1) is 14.0. The zero-order valence-corrected chi connectivity index (χ0v) is 16.3. The van der Waals surface area contributed by atoms with E-state index in [1.807, 2.05) is 29.2 Å². The first-order valence-corrected chi connectivity index (χ1v) is 10.2. The molecule has 2 saturated carbocycles. The van der Waals surface area contributed by atoms with Crippen LogP contribution >= 0.6 is 0 Å². The minimum Gasteiger partial charge on any atom is -0.490 e. The molecule has 0 bridgehead atoms. The third kappa shape index (κ3) is 3.22. The number of hydrogen-bond donors (Lipinski definition) is 2. The van der Waals surface area contributed by atoms with E-state index in [9.17, 15) is 9.59 Å². The summed E-state index contributed by atoms with van der Waals surface area (Å²) in [5.74, 6) is 0.0984. The number of anilines is 1. The molecule has 0 saturated heterocycles. The molecule has 0 aromatic heterocycles. The molecule has 0 unspecified atom stereocenters. The second-order valence-electron chi connectivity index (χ2n) is 8.59. The average Bonchev–Trinajstić information content (AvgIpc) is 3.09. The van der Waals surface area contributed by atoms with E-state index in [0.29, 0.717) is 11.3 Å². The molecule has 6 heteroatoms. The quantitative estimate of drug-likeness (QED) is 0.839. The fourth-order valence-electron chi connectivity index (χ4n) is 5.16. The Hall–Kier alpha value is -3.02. The molecular weight excluding hydrogens is 366 g/mol.